The number of rotatable bonds is 32. The third-order valence-electron chi connectivity index (χ3n) is 10.6. The molecule has 2 atom stereocenters. The quantitative estimate of drug-likeness (QED) is 0.0441. The first-order valence-corrected chi connectivity index (χ1v) is 23.8. The fraction of sp³-hybridized carbons (Fsp3) is 0.627. The number of fused-ring (bicyclic) bond motifs is 1. The minimum Gasteiger partial charge on any atom is -0.493 e. The molecule has 0 amide bonds. The molecule has 12 heteroatoms. The third kappa shape index (κ3) is 14.9. The predicted molar refractivity (Wildman–Crippen MR) is 245 cm³/mol. The summed E-state index contributed by atoms with van der Waals surface area (Å²) < 4.78 is 79.8. The van der Waals surface area contributed by atoms with Gasteiger partial charge in [-0.05, 0) is 57.1 Å². The summed E-state index contributed by atoms with van der Waals surface area (Å²) in [5, 5.41) is 0. The van der Waals surface area contributed by atoms with Gasteiger partial charge in [-0.2, -0.15) is 0 Å². The monoisotopic (exact) mass is 883 g/mol. The zero-order chi connectivity index (χ0) is 45.4. The van der Waals surface area contributed by atoms with Crippen molar-refractivity contribution in [1.82, 2.24) is 0 Å². The molecule has 0 aliphatic carbocycles. The van der Waals surface area contributed by atoms with Crippen molar-refractivity contribution in [3.05, 3.63) is 52.8 Å². The van der Waals surface area contributed by atoms with Crippen molar-refractivity contribution >= 4 is 5.97 Å². The van der Waals surface area contributed by atoms with Crippen LogP contribution in [0.4, 0.5) is 4.39 Å². The van der Waals surface area contributed by atoms with Gasteiger partial charge in [0.2, 0.25) is 17.2 Å². The van der Waals surface area contributed by atoms with Crippen molar-refractivity contribution < 1.29 is 56.6 Å². The molecule has 1 heterocycles. The first kappa shape index (κ1) is 50.9. The van der Waals surface area contributed by atoms with E-state index in [0.29, 0.717) is 91.7 Å². The Morgan fingerprint density at radius 2 is 1.02 bits per heavy atom. The molecule has 0 unspecified atom stereocenters. The average Bonchev–Trinajstić information content (AvgIpc) is 3.28. The van der Waals surface area contributed by atoms with Gasteiger partial charge in [0.25, 0.3) is 0 Å². The molecule has 0 spiro atoms. The van der Waals surface area contributed by atoms with Crippen LogP contribution in [0.25, 0.3) is 0 Å². The van der Waals surface area contributed by atoms with Crippen molar-refractivity contribution in [3.8, 4) is 51.7 Å². The first-order valence-electron chi connectivity index (χ1n) is 23.8. The molecule has 3 aromatic carbocycles. The normalized spacial score (nSPS) is 14.3. The summed E-state index contributed by atoms with van der Waals surface area (Å²) in [7, 11) is 1.58. The lowest BCUT2D eigenvalue weighted by Crippen LogP contribution is -2.35. The Bertz CT molecular complexity index is 1810. The van der Waals surface area contributed by atoms with Crippen molar-refractivity contribution in [2.45, 2.75) is 157 Å². The van der Waals surface area contributed by atoms with E-state index in [4.69, 9.17) is 47.4 Å². The standard InChI is InChI=1S/C51H75FO11/c1-9-16-23-55-37-32-40(56-24-17-10-2)38-34-45(47(62-41(38)33-37)36-30-42(54-8)48(59-27-20-13-5)43(31-36)57-25-18-11-3)63-51(53)39-35-44(58-26-19-12-4)49(60-28-21-14-6)50(46(39)52)61-29-22-15-7/h30-33,35,45,47H,9-29,34H2,1-8H3/t45-,47+/m1/s1. The molecule has 4 rings (SSSR count). The van der Waals surface area contributed by atoms with Gasteiger partial charge in [-0.25, -0.2) is 9.18 Å². The van der Waals surface area contributed by atoms with Crippen molar-refractivity contribution in [3.63, 3.8) is 0 Å². The van der Waals surface area contributed by atoms with Gasteiger partial charge in [0, 0.05) is 35.7 Å². The van der Waals surface area contributed by atoms with E-state index in [1.54, 1.807) is 7.11 Å². The number of halogens is 1. The van der Waals surface area contributed by atoms with Gasteiger partial charge in [0.05, 0.1) is 53.4 Å². The summed E-state index contributed by atoms with van der Waals surface area (Å²) in [5.74, 6) is 1.56. The molecular weight excluding hydrogens is 808 g/mol. The zero-order valence-electron chi connectivity index (χ0n) is 39.5. The number of hydrogen-bond acceptors (Lipinski definition) is 11. The van der Waals surface area contributed by atoms with E-state index in [1.165, 1.54) is 6.07 Å². The number of ether oxygens (including phenoxy) is 10. The summed E-state index contributed by atoms with van der Waals surface area (Å²) in [6.07, 6.45) is 10.3. The van der Waals surface area contributed by atoms with Gasteiger partial charge in [-0.15, -0.1) is 0 Å². The predicted octanol–water partition coefficient (Wildman–Crippen LogP) is 13.0. The number of unbranched alkanes of at least 4 members (excludes halogenated alkanes) is 7. The van der Waals surface area contributed by atoms with Gasteiger partial charge in [0.15, 0.2) is 29.2 Å². The molecule has 1 aliphatic heterocycles. The molecule has 0 N–H and O–H groups in total. The largest absolute Gasteiger partial charge is 0.493 e. The second-order valence-electron chi connectivity index (χ2n) is 15.9. The molecule has 0 bridgehead atoms. The van der Waals surface area contributed by atoms with Crippen LogP contribution >= 0.6 is 0 Å². The highest BCUT2D eigenvalue weighted by atomic mass is 19.1. The lowest BCUT2D eigenvalue weighted by Gasteiger charge is -2.35. The topological polar surface area (TPSA) is 109 Å². The maximum Gasteiger partial charge on any atom is 0.341 e. The number of methoxy groups -OCH3 is 1. The van der Waals surface area contributed by atoms with Crippen LogP contribution in [0.5, 0.6) is 51.7 Å². The molecule has 3 aromatic rings. The summed E-state index contributed by atoms with van der Waals surface area (Å²) in [6, 6.07) is 8.79. The van der Waals surface area contributed by atoms with Gasteiger partial charge in [-0.1, -0.05) is 93.4 Å². The van der Waals surface area contributed by atoms with Crippen LogP contribution in [-0.4, -0.2) is 65.4 Å². The van der Waals surface area contributed by atoms with Gasteiger partial charge in [-0.3, -0.25) is 0 Å². The van der Waals surface area contributed by atoms with E-state index in [2.05, 4.69) is 34.6 Å². The second-order valence-corrected chi connectivity index (χ2v) is 15.9. The summed E-state index contributed by atoms with van der Waals surface area (Å²) in [4.78, 5) is 14.6. The average molecular weight is 883 g/mol. The molecule has 0 aromatic heterocycles. The van der Waals surface area contributed by atoms with Crippen LogP contribution in [0, 0.1) is 5.82 Å². The molecule has 0 radical (unpaired) electrons. The van der Waals surface area contributed by atoms with Crippen molar-refractivity contribution in [1.29, 1.82) is 0 Å². The Balaban J connectivity index is 1.89. The minimum atomic E-state index is -0.973. The van der Waals surface area contributed by atoms with Gasteiger partial charge >= 0.3 is 5.97 Å². The number of carbonyl (C=O) groups is 1. The van der Waals surface area contributed by atoms with Gasteiger partial charge in [0.1, 0.15) is 28.9 Å². The Morgan fingerprint density at radius 1 is 0.556 bits per heavy atom. The van der Waals surface area contributed by atoms with E-state index in [-0.39, 0.29) is 35.8 Å². The maximum atomic E-state index is 16.9. The third-order valence-corrected chi connectivity index (χ3v) is 10.6. The van der Waals surface area contributed by atoms with E-state index in [1.807, 2.05) is 38.1 Å². The van der Waals surface area contributed by atoms with E-state index in [9.17, 15) is 4.79 Å². The highest BCUT2D eigenvalue weighted by Gasteiger charge is 2.39. The maximum absolute atomic E-state index is 16.9. The highest BCUT2D eigenvalue weighted by Crippen LogP contribution is 2.48. The highest BCUT2D eigenvalue weighted by molar-refractivity contribution is 5.92. The molecule has 0 saturated carbocycles. The van der Waals surface area contributed by atoms with Crippen LogP contribution in [0.2, 0.25) is 0 Å². The zero-order valence-corrected chi connectivity index (χ0v) is 39.5. The molecule has 1 aliphatic rings. The fourth-order valence-corrected chi connectivity index (χ4v) is 6.77. The molecule has 0 fully saturated rings. The number of esters is 1. The number of carbonyl (C=O) groups excluding carboxylic acids is 1. The Labute approximate surface area is 376 Å². The lowest BCUT2D eigenvalue weighted by molar-refractivity contribution is -0.0194. The van der Waals surface area contributed by atoms with Crippen LogP contribution < -0.4 is 42.6 Å². The van der Waals surface area contributed by atoms with Gasteiger partial charge < -0.3 is 47.4 Å². The Morgan fingerprint density at radius 3 is 1.56 bits per heavy atom. The summed E-state index contributed by atoms with van der Waals surface area (Å²) in [5.41, 5.74) is 0.990. The second kappa shape index (κ2) is 28.1. The Kier molecular flexibility index (Phi) is 22.7. The number of benzene rings is 3. The summed E-state index contributed by atoms with van der Waals surface area (Å²) in [6.45, 7) is 17.4. The van der Waals surface area contributed by atoms with E-state index >= 15 is 4.39 Å². The fourth-order valence-electron chi connectivity index (χ4n) is 6.77. The first-order chi connectivity index (χ1) is 30.8. The minimum absolute atomic E-state index is 0.146. The smallest absolute Gasteiger partial charge is 0.341 e. The molecular formula is C51H75FO11. The molecule has 63 heavy (non-hydrogen) atoms. The van der Waals surface area contributed by atoms with Crippen molar-refractivity contribution in [2.24, 2.45) is 0 Å². The molecule has 11 nitrogen and oxygen atoms in total. The lowest BCUT2D eigenvalue weighted by atomic mass is 9.93. The number of hydrogen-bond donors (Lipinski definition) is 0. The molecule has 0 saturated heterocycles. The molecule has 352 valence electrons. The van der Waals surface area contributed by atoms with Crippen molar-refractivity contribution in [2.75, 3.05) is 53.4 Å². The SMILES string of the molecule is CCCCOc1cc(OCCCC)c2c(c1)O[C@@H](c1cc(OC)c(OCCCC)c(OCCCC)c1)[C@H](OC(=O)c1cc(OCCCC)c(OCCCC)c(OCCCC)c1F)C2. The van der Waals surface area contributed by atoms with Crippen LogP contribution in [0.3, 0.4) is 0 Å². The Hall–Kier alpha value is -4.74. The van der Waals surface area contributed by atoms with Crippen LogP contribution in [-0.2, 0) is 11.2 Å². The van der Waals surface area contributed by atoms with Crippen LogP contribution in [0.15, 0.2) is 30.3 Å². The summed E-state index contributed by atoms with van der Waals surface area (Å²) >= 11 is 0. The van der Waals surface area contributed by atoms with Crippen LogP contribution in [0.1, 0.15) is 166 Å². The van der Waals surface area contributed by atoms with E-state index < -0.39 is 24.0 Å². The van der Waals surface area contributed by atoms with E-state index in [0.717, 1.165) is 83.5 Å².